The van der Waals surface area contributed by atoms with Crippen LogP contribution in [0.5, 0.6) is 5.75 Å². The Kier molecular flexibility index (Phi) is 3.91. The fourth-order valence-corrected chi connectivity index (χ4v) is 6.20. The van der Waals surface area contributed by atoms with Crippen LogP contribution in [0.3, 0.4) is 0 Å². The van der Waals surface area contributed by atoms with E-state index in [-0.39, 0.29) is 17.6 Å². The highest BCUT2D eigenvalue weighted by Crippen LogP contribution is 2.55. The van der Waals surface area contributed by atoms with E-state index in [0.717, 1.165) is 51.1 Å². The lowest BCUT2D eigenvalue weighted by Gasteiger charge is -2.33. The van der Waals surface area contributed by atoms with Crippen LogP contribution in [-0.2, 0) is 16.0 Å². The van der Waals surface area contributed by atoms with E-state index in [9.17, 15) is 14.7 Å². The van der Waals surface area contributed by atoms with E-state index in [0.29, 0.717) is 11.4 Å². The molecule has 1 heterocycles. The van der Waals surface area contributed by atoms with Crippen molar-refractivity contribution in [3.8, 4) is 28.0 Å². The number of carbonyl (C=O) groups excluding carboxylic acids is 2. The van der Waals surface area contributed by atoms with Crippen molar-refractivity contribution >= 4 is 28.9 Å². The number of phenols is 1. The normalized spacial score (nSPS) is 16.1. The molecule has 7 rings (SSSR count). The number of fused-ring (bicyclic) bond motifs is 6. The van der Waals surface area contributed by atoms with Gasteiger partial charge in [-0.25, -0.2) is 0 Å². The molecule has 0 radical (unpaired) electrons. The lowest BCUT2D eigenvalue weighted by atomic mass is 9.97. The number of nitrogens with zero attached hydrogens (tertiary/aromatic N) is 2. The average Bonchev–Trinajstić information content (AvgIpc) is 3.35. The van der Waals surface area contributed by atoms with Gasteiger partial charge in [0.15, 0.2) is 0 Å². The maximum absolute atomic E-state index is 13.3. The second-order valence-corrected chi connectivity index (χ2v) is 9.49. The molecule has 4 aromatic carbocycles. The number of aromatic hydroxyl groups is 1. The van der Waals surface area contributed by atoms with Gasteiger partial charge in [-0.2, -0.15) is 0 Å². The quantitative estimate of drug-likeness (QED) is 0.306. The lowest BCUT2D eigenvalue weighted by Crippen LogP contribution is -2.34. The van der Waals surface area contributed by atoms with Crippen molar-refractivity contribution in [2.24, 2.45) is 0 Å². The molecule has 0 spiro atoms. The fourth-order valence-electron chi connectivity index (χ4n) is 6.20. The van der Waals surface area contributed by atoms with Crippen LogP contribution < -0.4 is 9.80 Å². The highest BCUT2D eigenvalue weighted by atomic mass is 16.3. The average molecular weight is 459 g/mol. The predicted molar refractivity (Wildman–Crippen MR) is 136 cm³/mol. The molecule has 0 fully saturated rings. The third-order valence-electron chi connectivity index (χ3n) is 7.54. The molecule has 1 unspecified atom stereocenters. The van der Waals surface area contributed by atoms with E-state index in [2.05, 4.69) is 24.3 Å². The minimum absolute atomic E-state index is 0.00765. The molecule has 1 aliphatic heterocycles. The summed E-state index contributed by atoms with van der Waals surface area (Å²) in [5.74, 6) is -0.299. The number of hydrogen-bond acceptors (Lipinski definition) is 3. The molecule has 3 aliphatic rings. The highest BCUT2D eigenvalue weighted by molar-refractivity contribution is 6.06. The molecule has 4 aromatic rings. The van der Waals surface area contributed by atoms with E-state index < -0.39 is 6.04 Å². The second kappa shape index (κ2) is 6.83. The minimum atomic E-state index is -0.487. The van der Waals surface area contributed by atoms with Crippen molar-refractivity contribution in [1.29, 1.82) is 0 Å². The number of phenolic OH excluding ortho intramolecular Hbond substituents is 1. The number of amides is 2. The van der Waals surface area contributed by atoms with Gasteiger partial charge in [-0.1, -0.05) is 42.5 Å². The van der Waals surface area contributed by atoms with Crippen LogP contribution in [-0.4, -0.2) is 16.9 Å². The Morgan fingerprint density at radius 1 is 0.771 bits per heavy atom. The van der Waals surface area contributed by atoms with Gasteiger partial charge in [0.25, 0.3) is 0 Å². The molecule has 1 atom stereocenters. The Balaban J connectivity index is 1.66. The fraction of sp³-hybridized carbons (Fsp3) is 0.133. The molecular formula is C30H22N2O3. The number of anilines is 3. The zero-order chi connectivity index (χ0) is 24.0. The van der Waals surface area contributed by atoms with Crippen LogP contribution in [0.15, 0.2) is 72.8 Å². The Morgan fingerprint density at radius 2 is 1.43 bits per heavy atom. The maximum atomic E-state index is 13.3. The summed E-state index contributed by atoms with van der Waals surface area (Å²) in [5.41, 5.74) is 10.2. The van der Waals surface area contributed by atoms with E-state index in [1.54, 1.807) is 22.8 Å². The van der Waals surface area contributed by atoms with Gasteiger partial charge >= 0.3 is 0 Å². The van der Waals surface area contributed by atoms with Crippen molar-refractivity contribution in [2.45, 2.75) is 26.3 Å². The van der Waals surface area contributed by atoms with Crippen LogP contribution in [0, 0.1) is 0 Å². The van der Waals surface area contributed by atoms with Gasteiger partial charge in [0.1, 0.15) is 5.75 Å². The molecule has 170 valence electrons. The van der Waals surface area contributed by atoms with E-state index in [1.165, 1.54) is 12.5 Å². The first-order valence-electron chi connectivity index (χ1n) is 11.8. The summed E-state index contributed by atoms with van der Waals surface area (Å²) in [6.45, 7) is 3.09. The molecular weight excluding hydrogens is 436 g/mol. The summed E-state index contributed by atoms with van der Waals surface area (Å²) in [6, 6.07) is 23.3. The first kappa shape index (κ1) is 20.0. The van der Waals surface area contributed by atoms with Gasteiger partial charge in [-0.15, -0.1) is 0 Å². The Hall–Kier alpha value is -4.38. The van der Waals surface area contributed by atoms with Crippen LogP contribution in [0.25, 0.3) is 22.3 Å². The molecule has 5 nitrogen and oxygen atoms in total. The molecule has 35 heavy (non-hydrogen) atoms. The summed E-state index contributed by atoms with van der Waals surface area (Å²) in [7, 11) is 0. The molecule has 2 amide bonds. The van der Waals surface area contributed by atoms with Gasteiger partial charge in [-0.05, 0) is 75.7 Å². The molecule has 1 N–H and O–H groups in total. The number of hydrogen-bond donors (Lipinski definition) is 1. The van der Waals surface area contributed by atoms with Gasteiger partial charge in [0, 0.05) is 30.8 Å². The van der Waals surface area contributed by atoms with Crippen LogP contribution in [0.1, 0.15) is 42.1 Å². The molecule has 2 aliphatic carbocycles. The Labute approximate surface area is 202 Å². The molecule has 4 bridgehead atoms. The minimum Gasteiger partial charge on any atom is -0.506 e. The first-order valence-corrected chi connectivity index (χ1v) is 11.8. The van der Waals surface area contributed by atoms with Crippen molar-refractivity contribution in [2.75, 3.05) is 9.80 Å². The summed E-state index contributed by atoms with van der Waals surface area (Å²) in [6.07, 6.45) is 0.726. The van der Waals surface area contributed by atoms with Crippen molar-refractivity contribution in [3.63, 3.8) is 0 Å². The Bertz CT molecular complexity index is 1620. The van der Waals surface area contributed by atoms with Gasteiger partial charge < -0.3 is 10.0 Å². The number of rotatable bonds is 0. The monoisotopic (exact) mass is 458 g/mol. The smallest absolute Gasteiger partial charge is 0.228 e. The van der Waals surface area contributed by atoms with E-state index in [4.69, 9.17) is 0 Å². The molecule has 5 heteroatoms. The van der Waals surface area contributed by atoms with Crippen molar-refractivity contribution < 1.29 is 14.7 Å². The summed E-state index contributed by atoms with van der Waals surface area (Å²) in [5, 5.41) is 11.2. The summed E-state index contributed by atoms with van der Waals surface area (Å²) < 4.78 is 0. The summed E-state index contributed by atoms with van der Waals surface area (Å²) >= 11 is 0. The zero-order valence-electron chi connectivity index (χ0n) is 19.4. The first-order chi connectivity index (χ1) is 16.9. The lowest BCUT2D eigenvalue weighted by molar-refractivity contribution is -0.117. The highest BCUT2D eigenvalue weighted by Gasteiger charge is 2.41. The maximum Gasteiger partial charge on any atom is 0.228 e. The van der Waals surface area contributed by atoms with Gasteiger partial charge in [0.2, 0.25) is 11.8 Å². The van der Waals surface area contributed by atoms with Gasteiger partial charge in [0.05, 0.1) is 11.7 Å². The van der Waals surface area contributed by atoms with Crippen LogP contribution in [0.2, 0.25) is 0 Å². The molecule has 0 saturated carbocycles. The third kappa shape index (κ3) is 2.58. The second-order valence-electron chi connectivity index (χ2n) is 9.49. The van der Waals surface area contributed by atoms with E-state index in [1.807, 2.05) is 42.5 Å². The van der Waals surface area contributed by atoms with Crippen molar-refractivity contribution in [1.82, 2.24) is 0 Å². The van der Waals surface area contributed by atoms with Crippen molar-refractivity contribution in [3.05, 3.63) is 95.1 Å². The summed E-state index contributed by atoms with van der Waals surface area (Å²) in [4.78, 5) is 29.9. The number of carbonyl (C=O) groups is 2. The third-order valence-corrected chi connectivity index (χ3v) is 7.54. The standard InChI is InChI=1S/C30H22N2O3/c1-16(33)31-20-7-9-22-18(14-20)13-19-15-21(8-10-23(19)22)32(17(2)34)30-27(35)12-11-25-24-5-3-4-6-26(24)29(31)28(25)30/h3-12,14-15,29,35H,13H2,1-2H3. The largest absolute Gasteiger partial charge is 0.506 e. The molecule has 0 aromatic heterocycles. The van der Waals surface area contributed by atoms with Crippen LogP contribution in [0.4, 0.5) is 17.1 Å². The Morgan fingerprint density at radius 3 is 2.14 bits per heavy atom. The predicted octanol–water partition coefficient (Wildman–Crippen LogP) is 6.08. The molecule has 0 saturated heterocycles. The van der Waals surface area contributed by atoms with Crippen LogP contribution >= 0.6 is 0 Å². The van der Waals surface area contributed by atoms with E-state index >= 15 is 0 Å². The SMILES string of the molecule is CC(=O)N1c2ccc3c(c2)Cc2cc(ccc2-3)N(C(C)=O)C2c3ccccc3-c3ccc(O)c1c32. The van der Waals surface area contributed by atoms with Gasteiger partial charge in [-0.3, -0.25) is 14.5 Å². The zero-order valence-corrected chi connectivity index (χ0v) is 19.4. The number of benzene rings is 4. The topological polar surface area (TPSA) is 60.9 Å².